The van der Waals surface area contributed by atoms with Gasteiger partial charge in [0.05, 0.1) is 28.4 Å². The van der Waals surface area contributed by atoms with E-state index in [4.69, 9.17) is 0 Å². The fraction of sp³-hybridized carbons (Fsp3) is 0.862. The summed E-state index contributed by atoms with van der Waals surface area (Å²) >= 11 is 0. The van der Waals surface area contributed by atoms with Gasteiger partial charge < -0.3 is 18.9 Å². The smallest absolute Gasteiger partial charge is 0.381 e. The maximum absolute atomic E-state index is 11.2. The summed E-state index contributed by atoms with van der Waals surface area (Å²) in [6.45, 7) is 0. The van der Waals surface area contributed by atoms with Crippen molar-refractivity contribution >= 4 is 23.9 Å². The quantitative estimate of drug-likeness (QED) is 0.0417. The maximum Gasteiger partial charge on any atom is 0.381 e. The van der Waals surface area contributed by atoms with E-state index in [1.807, 2.05) is 0 Å². The third-order valence-electron chi connectivity index (χ3n) is 6.88. The van der Waals surface area contributed by atoms with Crippen molar-refractivity contribution in [3.05, 3.63) is 20.2 Å². The Bertz CT molecular complexity index is 806. The van der Waals surface area contributed by atoms with Crippen LogP contribution in [0.5, 0.6) is 0 Å². The molecule has 0 amide bonds. The molecule has 250 valence electrons. The Morgan fingerprint density at radius 3 is 0.953 bits per heavy atom. The second kappa shape index (κ2) is 28.8. The molecule has 0 spiro atoms. The summed E-state index contributed by atoms with van der Waals surface area (Å²) in [4.78, 5) is 64.4. The normalized spacial score (nSPS) is 11.7. The van der Waals surface area contributed by atoms with Crippen LogP contribution in [0.2, 0.25) is 0 Å². The van der Waals surface area contributed by atoms with E-state index >= 15 is 0 Å². The largest absolute Gasteiger partial charge is 0.469 e. The van der Waals surface area contributed by atoms with Crippen molar-refractivity contribution in [1.82, 2.24) is 0 Å². The lowest BCUT2D eigenvalue weighted by atomic mass is 10.0. The molecule has 0 heterocycles. The molecule has 0 radical (unpaired) electrons. The van der Waals surface area contributed by atoms with Crippen LogP contribution in [-0.4, -0.2) is 74.2 Å². The van der Waals surface area contributed by atoms with E-state index in [9.17, 15) is 39.4 Å². The Kier molecular flexibility index (Phi) is 28.0. The molecular weight excluding hydrogens is 568 g/mol. The van der Waals surface area contributed by atoms with Crippen molar-refractivity contribution in [3.63, 3.8) is 0 Å². The van der Waals surface area contributed by atoms with Gasteiger partial charge in [0.2, 0.25) is 0 Å². The Labute approximate surface area is 254 Å². The molecule has 0 saturated carbocycles. The first-order chi connectivity index (χ1) is 20.5. The Morgan fingerprint density at radius 2 is 0.721 bits per heavy atom. The van der Waals surface area contributed by atoms with Crippen LogP contribution in [0.3, 0.4) is 0 Å². The van der Waals surface area contributed by atoms with Crippen molar-refractivity contribution in [2.75, 3.05) is 28.4 Å². The number of nitro groups is 2. The van der Waals surface area contributed by atoms with Crippen LogP contribution >= 0.6 is 0 Å². The topological polar surface area (TPSA) is 191 Å². The summed E-state index contributed by atoms with van der Waals surface area (Å²) in [6.07, 6.45) is 15.4. The molecule has 0 aromatic carbocycles. The minimum absolute atomic E-state index is 0.161. The number of rotatable bonds is 25. The molecule has 0 aromatic rings. The van der Waals surface area contributed by atoms with Gasteiger partial charge in [0.25, 0.3) is 0 Å². The van der Waals surface area contributed by atoms with E-state index in [2.05, 4.69) is 18.9 Å². The number of hydrogen-bond donors (Lipinski definition) is 0. The number of hydrogen-bond acceptors (Lipinski definition) is 12. The van der Waals surface area contributed by atoms with Crippen LogP contribution in [-0.2, 0) is 38.1 Å². The van der Waals surface area contributed by atoms with E-state index in [1.54, 1.807) is 0 Å². The predicted molar refractivity (Wildman–Crippen MR) is 157 cm³/mol. The Morgan fingerprint density at radius 1 is 0.465 bits per heavy atom. The van der Waals surface area contributed by atoms with Crippen molar-refractivity contribution in [2.45, 2.75) is 134 Å². The fourth-order valence-electron chi connectivity index (χ4n) is 4.25. The van der Waals surface area contributed by atoms with Crippen molar-refractivity contribution < 1.29 is 48.0 Å². The summed E-state index contributed by atoms with van der Waals surface area (Å²) in [5.74, 6) is -1.88. The summed E-state index contributed by atoms with van der Waals surface area (Å²) in [7, 11) is 5.10. The van der Waals surface area contributed by atoms with Gasteiger partial charge in [-0.2, -0.15) is 0 Å². The first kappa shape index (κ1) is 41.8. The molecule has 2 atom stereocenters. The molecule has 0 N–H and O–H groups in total. The van der Waals surface area contributed by atoms with E-state index in [-0.39, 0.29) is 24.8 Å². The summed E-state index contributed by atoms with van der Waals surface area (Å²) in [5, 5.41) is 21.4. The van der Waals surface area contributed by atoms with Gasteiger partial charge in [-0.3, -0.25) is 29.8 Å². The highest BCUT2D eigenvalue weighted by atomic mass is 16.6. The molecule has 0 aromatic heterocycles. The molecule has 0 bridgehead atoms. The number of carbonyl (C=O) groups excluding carboxylic acids is 4. The summed E-state index contributed by atoms with van der Waals surface area (Å²) in [5.41, 5.74) is 0. The second-order valence-corrected chi connectivity index (χ2v) is 10.2. The Hall–Kier alpha value is -3.32. The van der Waals surface area contributed by atoms with Gasteiger partial charge in [-0.05, 0) is 25.7 Å². The van der Waals surface area contributed by atoms with Gasteiger partial charge in [0.1, 0.15) is 0 Å². The molecule has 0 aliphatic carbocycles. The SMILES string of the molecule is COC(=O)CCCCCCCCCC(C(=O)OC)[N+](=O)[O-].COC(=O)CCCCCCCCCCC(C(=O)OC)[N+](=O)[O-]. The highest BCUT2D eigenvalue weighted by Gasteiger charge is 2.30. The second-order valence-electron chi connectivity index (χ2n) is 10.2. The zero-order valence-electron chi connectivity index (χ0n) is 26.4. The lowest BCUT2D eigenvalue weighted by molar-refractivity contribution is -0.511. The number of nitrogens with zero attached hydrogens (tertiary/aromatic N) is 2. The van der Waals surface area contributed by atoms with Gasteiger partial charge >= 0.3 is 36.0 Å². The fourth-order valence-corrected chi connectivity index (χ4v) is 4.25. The lowest BCUT2D eigenvalue weighted by Gasteiger charge is -2.07. The number of unbranched alkanes of at least 4 members (excludes halogenated alkanes) is 13. The average molecular weight is 621 g/mol. The van der Waals surface area contributed by atoms with Crippen LogP contribution in [0, 0.1) is 20.2 Å². The molecule has 14 nitrogen and oxygen atoms in total. The van der Waals surface area contributed by atoms with Crippen LogP contribution in [0.1, 0.15) is 122 Å². The average Bonchev–Trinajstić information content (AvgIpc) is 2.99. The Balaban J connectivity index is 0. The maximum atomic E-state index is 11.2. The number of esters is 4. The van der Waals surface area contributed by atoms with E-state index in [0.717, 1.165) is 90.6 Å². The third kappa shape index (κ3) is 24.9. The predicted octanol–water partition coefficient (Wildman–Crippen LogP) is 5.37. The van der Waals surface area contributed by atoms with Crippen LogP contribution in [0.15, 0.2) is 0 Å². The number of carbonyl (C=O) groups is 4. The lowest BCUT2D eigenvalue weighted by Crippen LogP contribution is -2.30. The van der Waals surface area contributed by atoms with Gasteiger partial charge in [-0.1, -0.05) is 70.6 Å². The zero-order chi connectivity index (χ0) is 32.9. The van der Waals surface area contributed by atoms with E-state index in [1.165, 1.54) is 21.3 Å². The number of methoxy groups -OCH3 is 4. The van der Waals surface area contributed by atoms with Crippen LogP contribution in [0.25, 0.3) is 0 Å². The zero-order valence-corrected chi connectivity index (χ0v) is 26.4. The van der Waals surface area contributed by atoms with E-state index < -0.39 is 33.9 Å². The first-order valence-corrected chi connectivity index (χ1v) is 15.1. The molecular formula is C29H52N2O12. The third-order valence-corrected chi connectivity index (χ3v) is 6.88. The molecule has 0 rings (SSSR count). The molecule has 2 unspecified atom stereocenters. The first-order valence-electron chi connectivity index (χ1n) is 15.1. The van der Waals surface area contributed by atoms with Gasteiger partial charge in [-0.25, -0.2) is 9.59 Å². The van der Waals surface area contributed by atoms with Gasteiger partial charge in [0.15, 0.2) is 0 Å². The molecule has 0 aliphatic rings. The number of ether oxygens (including phenoxy) is 4. The van der Waals surface area contributed by atoms with Crippen molar-refractivity contribution in [1.29, 1.82) is 0 Å². The standard InChI is InChI=1S/C15H27NO6.C14H25NO6/c1-21-14(17)12-10-8-6-4-3-5-7-9-11-13(16(19)20)15(18)22-2;1-20-13(16)11-9-7-5-3-4-6-8-10-12(15(18)19)14(17)21-2/h13H,3-12H2,1-2H3;12H,3-11H2,1-2H3. The van der Waals surface area contributed by atoms with Crippen molar-refractivity contribution in [3.8, 4) is 0 Å². The van der Waals surface area contributed by atoms with Gasteiger partial charge in [0, 0.05) is 35.5 Å². The molecule has 14 heteroatoms. The summed E-state index contributed by atoms with van der Waals surface area (Å²) in [6, 6.07) is -2.47. The van der Waals surface area contributed by atoms with Crippen LogP contribution in [0.4, 0.5) is 0 Å². The van der Waals surface area contributed by atoms with Crippen molar-refractivity contribution in [2.24, 2.45) is 0 Å². The molecule has 0 fully saturated rings. The van der Waals surface area contributed by atoms with E-state index in [0.29, 0.717) is 25.7 Å². The molecule has 43 heavy (non-hydrogen) atoms. The van der Waals surface area contributed by atoms with Gasteiger partial charge in [-0.15, -0.1) is 0 Å². The highest BCUT2D eigenvalue weighted by molar-refractivity contribution is 5.74. The monoisotopic (exact) mass is 620 g/mol. The minimum Gasteiger partial charge on any atom is -0.469 e. The summed E-state index contributed by atoms with van der Waals surface area (Å²) < 4.78 is 17.9. The van der Waals surface area contributed by atoms with Crippen LogP contribution < -0.4 is 0 Å². The minimum atomic E-state index is -1.24. The molecule has 0 aliphatic heterocycles. The highest BCUT2D eigenvalue weighted by Crippen LogP contribution is 2.14. The molecule has 0 saturated heterocycles.